The molecule has 0 aromatic rings. The van der Waals surface area contributed by atoms with Crippen molar-refractivity contribution < 1.29 is 9.36 Å². The Hall–Kier alpha value is -0.0900. The monoisotopic (exact) mass is 241 g/mol. The zero-order valence-corrected chi connectivity index (χ0v) is 10.1. The first-order valence-electron chi connectivity index (χ1n) is 4.47. The van der Waals surface area contributed by atoms with Crippen molar-refractivity contribution in [3.8, 4) is 0 Å². The molecule has 0 rings (SSSR count). The van der Waals surface area contributed by atoms with Gasteiger partial charge in [-0.1, -0.05) is 13.3 Å². The van der Waals surface area contributed by atoms with Crippen LogP contribution in [0.4, 0.5) is 0 Å². The molecular weight excluding hydrogens is 225 g/mol. The lowest BCUT2D eigenvalue weighted by Crippen LogP contribution is -2.38. The molecule has 0 saturated heterocycles. The third-order valence-corrected chi connectivity index (χ3v) is 3.38. The first kappa shape index (κ1) is 13.9. The van der Waals surface area contributed by atoms with Crippen molar-refractivity contribution in [2.24, 2.45) is 11.0 Å². The lowest BCUT2D eigenvalue weighted by atomic mass is 10.2. The van der Waals surface area contributed by atoms with Gasteiger partial charge in [0.2, 0.25) is 5.91 Å². The van der Waals surface area contributed by atoms with E-state index in [1.54, 1.807) is 6.92 Å². The maximum atomic E-state index is 11.6. The molecule has 0 spiro atoms. The van der Waals surface area contributed by atoms with E-state index in [0.29, 0.717) is 6.42 Å². The molecule has 0 fully saturated rings. The minimum absolute atomic E-state index is 0.204. The number of nitrogens with two attached hydrogens (primary N) is 2. The maximum absolute atomic E-state index is 11.6. The van der Waals surface area contributed by atoms with E-state index in [1.807, 2.05) is 6.92 Å². The molecule has 7 heteroatoms. The van der Waals surface area contributed by atoms with E-state index in [2.05, 4.69) is 0 Å². The predicted molar refractivity (Wildman–Crippen MR) is 57.9 cm³/mol. The fourth-order valence-corrected chi connectivity index (χ4v) is 2.36. The molecule has 1 atom stereocenters. The Morgan fingerprint density at radius 2 is 2.00 bits per heavy atom. The third kappa shape index (κ3) is 3.96. The van der Waals surface area contributed by atoms with E-state index in [-0.39, 0.29) is 6.54 Å². The summed E-state index contributed by atoms with van der Waals surface area (Å²) in [5, 5.41) is -0.694. The Kier molecular flexibility index (Phi) is 5.67. The van der Waals surface area contributed by atoms with Gasteiger partial charge < -0.3 is 0 Å². The highest BCUT2D eigenvalue weighted by Crippen LogP contribution is 2.32. The molecule has 0 aliphatic carbocycles. The van der Waals surface area contributed by atoms with Crippen LogP contribution in [0.1, 0.15) is 26.7 Å². The maximum Gasteiger partial charge on any atom is 0.302 e. The highest BCUT2D eigenvalue weighted by atomic mass is 35.5. The Balaban J connectivity index is 4.55. The number of hydrogen-bond donors (Lipinski definition) is 2. The number of hydrogen-bond acceptors (Lipinski definition) is 2. The number of carbonyl (C=O) groups excluding carboxylic acids is 1. The van der Waals surface area contributed by atoms with Gasteiger partial charge >= 0.3 is 7.59 Å². The van der Waals surface area contributed by atoms with Gasteiger partial charge in [0.1, 0.15) is 5.38 Å². The highest BCUT2D eigenvalue weighted by molar-refractivity contribution is 7.57. The summed E-state index contributed by atoms with van der Waals surface area (Å²) in [5.74, 6) is -0.454. The normalized spacial score (nSPS) is 13.8. The van der Waals surface area contributed by atoms with Crippen molar-refractivity contribution in [3.63, 3.8) is 0 Å². The lowest BCUT2D eigenvalue weighted by molar-refractivity contribution is -0.126. The van der Waals surface area contributed by atoms with Gasteiger partial charge in [0.15, 0.2) is 0 Å². The standard InChI is InChI=1S/C7H17ClN3O2P/c1-3-5-6(8)7(12)11(4-2)14(9,10)13/h6H,3-5H2,1-2H3,(H4,9,10,13). The molecule has 4 N–H and O–H groups in total. The van der Waals surface area contributed by atoms with Gasteiger partial charge in [-0.3, -0.25) is 25.0 Å². The molecule has 0 saturated carbocycles. The summed E-state index contributed by atoms with van der Waals surface area (Å²) >= 11 is 5.79. The average molecular weight is 242 g/mol. The van der Waals surface area contributed by atoms with Crippen molar-refractivity contribution in [3.05, 3.63) is 0 Å². The first-order valence-corrected chi connectivity index (χ1v) is 6.71. The highest BCUT2D eigenvalue weighted by Gasteiger charge is 2.29. The Bertz CT molecular complexity index is 243. The van der Waals surface area contributed by atoms with Crippen molar-refractivity contribution in [1.29, 1.82) is 0 Å². The van der Waals surface area contributed by atoms with Crippen LogP contribution in [0.3, 0.4) is 0 Å². The molecule has 0 radical (unpaired) electrons. The van der Waals surface area contributed by atoms with Gasteiger partial charge in [0.25, 0.3) is 0 Å². The SMILES string of the molecule is CCCC(Cl)C(=O)N(CC)P(N)(N)=O. The molecule has 0 aromatic carbocycles. The minimum atomic E-state index is -3.51. The average Bonchev–Trinajstić information content (AvgIpc) is 2.03. The van der Waals surface area contributed by atoms with E-state index < -0.39 is 18.9 Å². The van der Waals surface area contributed by atoms with Crippen molar-refractivity contribution in [1.82, 2.24) is 4.67 Å². The molecule has 0 aromatic heterocycles. The van der Waals surface area contributed by atoms with E-state index >= 15 is 0 Å². The fraction of sp³-hybridized carbons (Fsp3) is 0.857. The van der Waals surface area contributed by atoms with Crippen LogP contribution in [-0.2, 0) is 9.36 Å². The van der Waals surface area contributed by atoms with Gasteiger partial charge in [-0.25, -0.2) is 0 Å². The largest absolute Gasteiger partial charge is 0.302 e. The summed E-state index contributed by atoms with van der Waals surface area (Å²) in [5.41, 5.74) is 10.4. The zero-order valence-electron chi connectivity index (χ0n) is 8.44. The van der Waals surface area contributed by atoms with Crippen molar-refractivity contribution >= 4 is 25.1 Å². The van der Waals surface area contributed by atoms with Crippen LogP contribution in [0, 0.1) is 0 Å². The molecule has 0 bridgehead atoms. The second-order valence-electron chi connectivity index (χ2n) is 2.98. The summed E-state index contributed by atoms with van der Waals surface area (Å²) in [7, 11) is -3.51. The quantitative estimate of drug-likeness (QED) is 0.560. The minimum Gasteiger partial charge on any atom is -0.273 e. The number of carbonyl (C=O) groups is 1. The van der Waals surface area contributed by atoms with Crippen molar-refractivity contribution in [2.45, 2.75) is 32.1 Å². The van der Waals surface area contributed by atoms with Crippen LogP contribution in [-0.4, -0.2) is 22.5 Å². The Morgan fingerprint density at radius 3 is 2.29 bits per heavy atom. The Labute approximate surface area is 89.3 Å². The number of halogens is 1. The fourth-order valence-electron chi connectivity index (χ4n) is 1.07. The van der Waals surface area contributed by atoms with E-state index in [1.165, 1.54) is 0 Å². The number of alkyl halides is 1. The lowest BCUT2D eigenvalue weighted by Gasteiger charge is -2.25. The summed E-state index contributed by atoms with van der Waals surface area (Å²) in [6.07, 6.45) is 1.30. The van der Waals surface area contributed by atoms with Gasteiger partial charge in [-0.05, 0) is 13.3 Å². The van der Waals surface area contributed by atoms with Crippen LogP contribution in [0.15, 0.2) is 0 Å². The molecule has 5 nitrogen and oxygen atoms in total. The summed E-state index contributed by atoms with van der Waals surface area (Å²) in [6, 6.07) is 0. The first-order chi connectivity index (χ1) is 6.34. The van der Waals surface area contributed by atoms with Crippen LogP contribution >= 0.6 is 19.2 Å². The second-order valence-corrected chi connectivity index (χ2v) is 5.34. The second kappa shape index (κ2) is 5.71. The molecule has 0 heterocycles. The molecule has 1 amide bonds. The van der Waals surface area contributed by atoms with Gasteiger partial charge in [0.05, 0.1) is 0 Å². The molecule has 0 aliphatic heterocycles. The van der Waals surface area contributed by atoms with Gasteiger partial charge in [0, 0.05) is 6.54 Å². The molecule has 0 aliphatic rings. The molecule has 84 valence electrons. The predicted octanol–water partition coefficient (Wildman–Crippen LogP) is 1.27. The Morgan fingerprint density at radius 1 is 1.50 bits per heavy atom. The number of nitrogens with zero attached hydrogens (tertiary/aromatic N) is 1. The third-order valence-electron chi connectivity index (χ3n) is 1.74. The van der Waals surface area contributed by atoms with Gasteiger partial charge in [-0.15, -0.1) is 11.6 Å². The summed E-state index contributed by atoms with van der Waals surface area (Å²) < 4.78 is 12.2. The van der Waals surface area contributed by atoms with Crippen LogP contribution in [0.25, 0.3) is 0 Å². The molecule has 14 heavy (non-hydrogen) atoms. The summed E-state index contributed by atoms with van der Waals surface area (Å²) in [4.78, 5) is 11.6. The van der Waals surface area contributed by atoms with E-state index in [4.69, 9.17) is 22.6 Å². The number of rotatable bonds is 5. The van der Waals surface area contributed by atoms with Crippen LogP contribution in [0.5, 0.6) is 0 Å². The molecular formula is C7H17ClN3O2P. The van der Waals surface area contributed by atoms with E-state index in [9.17, 15) is 9.36 Å². The number of amides is 1. The molecule has 1 unspecified atom stereocenters. The smallest absolute Gasteiger partial charge is 0.273 e. The topological polar surface area (TPSA) is 89.4 Å². The van der Waals surface area contributed by atoms with E-state index in [0.717, 1.165) is 11.1 Å². The van der Waals surface area contributed by atoms with Crippen LogP contribution in [0.2, 0.25) is 0 Å². The van der Waals surface area contributed by atoms with Crippen molar-refractivity contribution in [2.75, 3.05) is 6.54 Å². The van der Waals surface area contributed by atoms with Crippen LogP contribution < -0.4 is 11.0 Å². The summed E-state index contributed by atoms with van der Waals surface area (Å²) in [6.45, 7) is 3.76. The zero-order chi connectivity index (χ0) is 11.4. The van der Waals surface area contributed by atoms with Gasteiger partial charge in [-0.2, -0.15) is 0 Å².